The second-order valence-corrected chi connectivity index (χ2v) is 6.47. The molecule has 3 aromatic rings. The number of hydrogen-bond acceptors (Lipinski definition) is 2. The van der Waals surface area contributed by atoms with E-state index < -0.39 is 0 Å². The fourth-order valence-electron chi connectivity index (χ4n) is 2.83. The minimum atomic E-state index is 0.111. The molecule has 1 heterocycles. The standard InChI is InChI=1S/C19H18Cl2N2O/c20-17-7-6-15(12-18(17)21)16(8-11-24)13-23-10-9-22-19(23)14-4-2-1-3-5-14/h1-7,9-10,12,16,24H,8,11,13H2. The van der Waals surface area contributed by atoms with Crippen molar-refractivity contribution >= 4 is 23.2 Å². The van der Waals surface area contributed by atoms with Crippen LogP contribution in [0.2, 0.25) is 10.0 Å². The average molecular weight is 361 g/mol. The van der Waals surface area contributed by atoms with Gasteiger partial charge in [0.15, 0.2) is 0 Å². The molecule has 0 amide bonds. The minimum absolute atomic E-state index is 0.111. The van der Waals surface area contributed by atoms with E-state index in [0.29, 0.717) is 23.0 Å². The van der Waals surface area contributed by atoms with E-state index in [1.165, 1.54) is 0 Å². The van der Waals surface area contributed by atoms with Crippen molar-refractivity contribution in [2.75, 3.05) is 6.61 Å². The van der Waals surface area contributed by atoms with Gasteiger partial charge >= 0.3 is 0 Å². The van der Waals surface area contributed by atoms with Crippen LogP contribution in [0.3, 0.4) is 0 Å². The fourth-order valence-corrected chi connectivity index (χ4v) is 3.13. The normalized spacial score (nSPS) is 12.3. The average Bonchev–Trinajstić information content (AvgIpc) is 3.06. The van der Waals surface area contributed by atoms with Gasteiger partial charge in [-0.25, -0.2) is 4.98 Å². The maximum absolute atomic E-state index is 9.45. The fraction of sp³-hybridized carbons (Fsp3) is 0.211. The molecule has 24 heavy (non-hydrogen) atoms. The Morgan fingerprint density at radius 2 is 1.83 bits per heavy atom. The monoisotopic (exact) mass is 360 g/mol. The molecule has 1 unspecified atom stereocenters. The first kappa shape index (κ1) is 17.0. The number of aromatic nitrogens is 2. The van der Waals surface area contributed by atoms with E-state index in [2.05, 4.69) is 9.55 Å². The molecule has 0 fully saturated rings. The summed E-state index contributed by atoms with van der Waals surface area (Å²) in [6.07, 6.45) is 4.40. The predicted molar refractivity (Wildman–Crippen MR) is 98.6 cm³/mol. The topological polar surface area (TPSA) is 38.0 Å². The van der Waals surface area contributed by atoms with Gasteiger partial charge in [-0.15, -0.1) is 0 Å². The molecular formula is C19H18Cl2N2O. The van der Waals surface area contributed by atoms with Crippen LogP contribution in [0.4, 0.5) is 0 Å². The van der Waals surface area contributed by atoms with Crippen molar-refractivity contribution < 1.29 is 5.11 Å². The molecule has 0 saturated heterocycles. The number of benzene rings is 2. The quantitative estimate of drug-likeness (QED) is 0.669. The summed E-state index contributed by atoms with van der Waals surface area (Å²) >= 11 is 12.2. The van der Waals surface area contributed by atoms with Crippen molar-refractivity contribution in [1.82, 2.24) is 9.55 Å². The summed E-state index contributed by atoms with van der Waals surface area (Å²) in [6.45, 7) is 0.822. The zero-order valence-corrected chi connectivity index (χ0v) is 14.6. The zero-order valence-electron chi connectivity index (χ0n) is 13.1. The van der Waals surface area contributed by atoms with Gasteiger partial charge in [0, 0.05) is 37.0 Å². The number of aliphatic hydroxyl groups excluding tert-OH is 1. The van der Waals surface area contributed by atoms with E-state index >= 15 is 0 Å². The van der Waals surface area contributed by atoms with Gasteiger partial charge in [-0.1, -0.05) is 59.6 Å². The maximum atomic E-state index is 9.45. The van der Waals surface area contributed by atoms with Crippen molar-refractivity contribution in [3.8, 4) is 11.4 Å². The molecule has 1 atom stereocenters. The van der Waals surface area contributed by atoms with Crippen molar-refractivity contribution in [1.29, 1.82) is 0 Å². The van der Waals surface area contributed by atoms with Crippen LogP contribution in [-0.4, -0.2) is 21.3 Å². The van der Waals surface area contributed by atoms with Gasteiger partial charge in [-0.2, -0.15) is 0 Å². The smallest absolute Gasteiger partial charge is 0.139 e. The van der Waals surface area contributed by atoms with E-state index in [9.17, 15) is 5.11 Å². The van der Waals surface area contributed by atoms with E-state index in [-0.39, 0.29) is 12.5 Å². The van der Waals surface area contributed by atoms with Gasteiger partial charge in [-0.05, 0) is 24.1 Å². The highest BCUT2D eigenvalue weighted by molar-refractivity contribution is 6.42. The molecule has 0 aliphatic heterocycles. The van der Waals surface area contributed by atoms with Crippen molar-refractivity contribution in [3.05, 3.63) is 76.5 Å². The van der Waals surface area contributed by atoms with E-state index in [1.54, 1.807) is 12.3 Å². The minimum Gasteiger partial charge on any atom is -0.396 e. The maximum Gasteiger partial charge on any atom is 0.139 e. The number of halogens is 2. The number of hydrogen-bond donors (Lipinski definition) is 1. The summed E-state index contributed by atoms with van der Waals surface area (Å²) in [5, 5.41) is 10.5. The Hall–Kier alpha value is -1.81. The van der Waals surface area contributed by atoms with Crippen LogP contribution in [0.1, 0.15) is 17.9 Å². The molecule has 124 valence electrons. The highest BCUT2D eigenvalue weighted by atomic mass is 35.5. The molecule has 0 spiro atoms. The van der Waals surface area contributed by atoms with Crippen LogP contribution in [0.15, 0.2) is 60.9 Å². The molecule has 3 rings (SSSR count). The summed E-state index contributed by atoms with van der Waals surface area (Å²) in [6, 6.07) is 15.7. The van der Waals surface area contributed by atoms with Crippen molar-refractivity contribution in [2.45, 2.75) is 18.9 Å². The first-order valence-corrected chi connectivity index (χ1v) is 8.57. The molecule has 1 aromatic heterocycles. The Morgan fingerprint density at radius 3 is 2.54 bits per heavy atom. The third kappa shape index (κ3) is 3.81. The van der Waals surface area contributed by atoms with Crippen molar-refractivity contribution in [3.63, 3.8) is 0 Å². The number of rotatable bonds is 6. The molecule has 3 nitrogen and oxygen atoms in total. The predicted octanol–water partition coefficient (Wildman–Crippen LogP) is 5.02. The third-order valence-corrected chi connectivity index (χ3v) is 4.80. The van der Waals surface area contributed by atoms with E-state index in [1.807, 2.05) is 48.7 Å². The lowest BCUT2D eigenvalue weighted by Gasteiger charge is -2.19. The molecule has 1 N–H and O–H groups in total. The van der Waals surface area contributed by atoms with E-state index in [4.69, 9.17) is 23.2 Å². The lowest BCUT2D eigenvalue weighted by molar-refractivity contribution is 0.270. The molecule has 0 bridgehead atoms. The second kappa shape index (κ2) is 7.84. The van der Waals surface area contributed by atoms with Crippen LogP contribution in [0.5, 0.6) is 0 Å². The molecular weight excluding hydrogens is 343 g/mol. The lowest BCUT2D eigenvalue weighted by Crippen LogP contribution is -2.11. The van der Waals surface area contributed by atoms with Crippen LogP contribution in [0, 0.1) is 0 Å². The van der Waals surface area contributed by atoms with Crippen molar-refractivity contribution in [2.24, 2.45) is 0 Å². The molecule has 0 radical (unpaired) electrons. The summed E-state index contributed by atoms with van der Waals surface area (Å²) in [4.78, 5) is 4.48. The Labute approximate surface area is 151 Å². The highest BCUT2D eigenvalue weighted by Gasteiger charge is 2.16. The summed E-state index contributed by atoms with van der Waals surface area (Å²) in [5.74, 6) is 1.04. The SMILES string of the molecule is OCCC(Cn1ccnc1-c1ccccc1)c1ccc(Cl)c(Cl)c1. The summed E-state index contributed by atoms with van der Waals surface area (Å²) in [7, 11) is 0. The first-order valence-electron chi connectivity index (χ1n) is 7.81. The van der Waals surface area contributed by atoms with Gasteiger partial charge in [0.05, 0.1) is 10.0 Å². The highest BCUT2D eigenvalue weighted by Crippen LogP contribution is 2.30. The Bertz CT molecular complexity index is 802. The van der Waals surface area contributed by atoms with E-state index in [0.717, 1.165) is 17.0 Å². The van der Waals surface area contributed by atoms with Gasteiger partial charge in [-0.3, -0.25) is 0 Å². The first-order chi connectivity index (χ1) is 11.7. The van der Waals surface area contributed by atoms with Crippen LogP contribution in [0.25, 0.3) is 11.4 Å². The largest absolute Gasteiger partial charge is 0.396 e. The Kier molecular flexibility index (Phi) is 5.56. The zero-order chi connectivity index (χ0) is 16.9. The second-order valence-electron chi connectivity index (χ2n) is 5.65. The number of nitrogens with zero attached hydrogens (tertiary/aromatic N) is 2. The van der Waals surface area contributed by atoms with Crippen LogP contribution < -0.4 is 0 Å². The molecule has 5 heteroatoms. The summed E-state index contributed by atoms with van der Waals surface area (Å²) < 4.78 is 2.11. The molecule has 0 aliphatic rings. The lowest BCUT2D eigenvalue weighted by atomic mass is 9.95. The molecule has 0 saturated carbocycles. The van der Waals surface area contributed by atoms with Gasteiger partial charge in [0.25, 0.3) is 0 Å². The van der Waals surface area contributed by atoms with Gasteiger partial charge in [0.2, 0.25) is 0 Å². The van der Waals surface area contributed by atoms with Crippen LogP contribution >= 0.6 is 23.2 Å². The van der Waals surface area contributed by atoms with Gasteiger partial charge in [0.1, 0.15) is 5.82 Å². The molecule has 0 aliphatic carbocycles. The molecule has 2 aromatic carbocycles. The third-order valence-electron chi connectivity index (χ3n) is 4.06. The Balaban J connectivity index is 1.89. The van der Waals surface area contributed by atoms with Crippen LogP contribution in [-0.2, 0) is 6.54 Å². The number of imidazole rings is 1. The van der Waals surface area contributed by atoms with Gasteiger partial charge < -0.3 is 9.67 Å². The summed E-state index contributed by atoms with van der Waals surface area (Å²) in [5.41, 5.74) is 2.13. The number of aliphatic hydroxyl groups is 1. The Morgan fingerprint density at radius 1 is 1.04 bits per heavy atom.